The van der Waals surface area contributed by atoms with E-state index in [1.54, 1.807) is 36.4 Å². The molecule has 4 aromatic rings. The molecule has 0 amide bonds. The van der Waals surface area contributed by atoms with Crippen LogP contribution in [0.4, 0.5) is 0 Å². The lowest BCUT2D eigenvalue weighted by atomic mass is 10.1. The second kappa shape index (κ2) is 7.70. The van der Waals surface area contributed by atoms with Crippen molar-refractivity contribution in [3.05, 3.63) is 98.1 Å². The number of halogens is 2. The molecule has 140 valence electrons. The van der Waals surface area contributed by atoms with Crippen LogP contribution < -0.4 is 10.2 Å². The number of fused-ring (bicyclic) bond motifs is 1. The van der Waals surface area contributed by atoms with Crippen LogP contribution in [0.15, 0.2) is 75.9 Å². The maximum atomic E-state index is 13.1. The van der Waals surface area contributed by atoms with Crippen LogP contribution in [0.2, 0.25) is 10.0 Å². The van der Waals surface area contributed by atoms with Gasteiger partial charge in [-0.2, -0.15) is 0 Å². The first-order chi connectivity index (χ1) is 13.5. The van der Waals surface area contributed by atoms with E-state index in [2.05, 4.69) is 0 Å². The van der Waals surface area contributed by atoms with Crippen LogP contribution >= 0.6 is 23.2 Å². The number of aryl methyl sites for hydroxylation is 1. The smallest absolute Gasteiger partial charge is 0.235 e. The van der Waals surface area contributed by atoms with E-state index in [1.807, 2.05) is 37.3 Å². The van der Waals surface area contributed by atoms with Gasteiger partial charge in [0.2, 0.25) is 11.2 Å². The molecule has 0 fully saturated rings. The molecule has 3 aromatic carbocycles. The summed E-state index contributed by atoms with van der Waals surface area (Å²) in [4.78, 5) is 13.1. The fraction of sp³-hybridized carbons (Fsp3) is 0.0870. The number of ether oxygens (including phenoxy) is 1. The highest BCUT2D eigenvalue weighted by Crippen LogP contribution is 2.36. The van der Waals surface area contributed by atoms with Gasteiger partial charge < -0.3 is 9.15 Å². The average Bonchev–Trinajstić information content (AvgIpc) is 2.69. The van der Waals surface area contributed by atoms with Crippen LogP contribution in [0, 0.1) is 6.92 Å². The van der Waals surface area contributed by atoms with Gasteiger partial charge in [-0.1, -0.05) is 65.2 Å². The molecule has 0 saturated carbocycles. The second-order valence-electron chi connectivity index (χ2n) is 6.48. The predicted molar refractivity (Wildman–Crippen MR) is 113 cm³/mol. The lowest BCUT2D eigenvalue weighted by Gasteiger charge is -2.13. The zero-order valence-corrected chi connectivity index (χ0v) is 16.6. The summed E-state index contributed by atoms with van der Waals surface area (Å²) in [6, 6.07) is 20.0. The molecule has 5 heteroatoms. The van der Waals surface area contributed by atoms with Crippen LogP contribution in [0.5, 0.6) is 5.75 Å². The fourth-order valence-corrected chi connectivity index (χ4v) is 3.44. The molecule has 1 heterocycles. The van der Waals surface area contributed by atoms with E-state index in [9.17, 15) is 4.79 Å². The summed E-state index contributed by atoms with van der Waals surface area (Å²) < 4.78 is 12.0. The SMILES string of the molecule is Cc1ccc(COc2c(-c3ccc(Cl)cc3Cl)oc3ccccc3c2=O)cc1. The van der Waals surface area contributed by atoms with Crippen molar-refractivity contribution in [3.63, 3.8) is 0 Å². The van der Waals surface area contributed by atoms with Crippen LogP contribution in [-0.4, -0.2) is 0 Å². The molecule has 4 rings (SSSR count). The monoisotopic (exact) mass is 410 g/mol. The first kappa shape index (κ1) is 18.6. The summed E-state index contributed by atoms with van der Waals surface area (Å²) in [5.74, 6) is 0.418. The van der Waals surface area contributed by atoms with Crippen molar-refractivity contribution in [1.82, 2.24) is 0 Å². The Kier molecular flexibility index (Phi) is 5.12. The zero-order valence-electron chi connectivity index (χ0n) is 15.0. The molecule has 0 saturated heterocycles. The minimum Gasteiger partial charge on any atom is -0.481 e. The van der Waals surface area contributed by atoms with Gasteiger partial charge in [-0.05, 0) is 42.8 Å². The van der Waals surface area contributed by atoms with Crippen molar-refractivity contribution in [2.24, 2.45) is 0 Å². The number of benzene rings is 3. The number of hydrogen-bond acceptors (Lipinski definition) is 3. The summed E-state index contributed by atoms with van der Waals surface area (Å²) in [7, 11) is 0. The third-order valence-corrected chi connectivity index (χ3v) is 4.98. The van der Waals surface area contributed by atoms with Gasteiger partial charge in [0.1, 0.15) is 12.2 Å². The largest absolute Gasteiger partial charge is 0.481 e. The standard InChI is InChI=1S/C23H16Cl2O3/c1-14-6-8-15(9-7-14)13-27-23-21(26)18-4-2-3-5-20(18)28-22(23)17-11-10-16(24)12-19(17)25/h2-12H,13H2,1H3. The van der Waals surface area contributed by atoms with Crippen molar-refractivity contribution in [3.8, 4) is 17.1 Å². The summed E-state index contributed by atoms with van der Waals surface area (Å²) in [5, 5.41) is 1.33. The molecule has 1 aromatic heterocycles. The van der Waals surface area contributed by atoms with Crippen LogP contribution in [-0.2, 0) is 6.61 Å². The topological polar surface area (TPSA) is 39.4 Å². The number of hydrogen-bond donors (Lipinski definition) is 0. The minimum absolute atomic E-state index is 0.128. The molecule has 0 radical (unpaired) electrons. The van der Waals surface area contributed by atoms with Gasteiger partial charge >= 0.3 is 0 Å². The zero-order chi connectivity index (χ0) is 19.7. The van der Waals surface area contributed by atoms with Crippen LogP contribution in [0.25, 0.3) is 22.3 Å². The molecule has 0 spiro atoms. The van der Waals surface area contributed by atoms with Crippen molar-refractivity contribution >= 4 is 34.2 Å². The Balaban J connectivity index is 1.85. The minimum atomic E-state index is -0.241. The highest BCUT2D eigenvalue weighted by Gasteiger charge is 2.20. The van der Waals surface area contributed by atoms with Crippen LogP contribution in [0.3, 0.4) is 0 Å². The molecule has 0 unspecified atom stereocenters. The molecule has 0 aliphatic heterocycles. The van der Waals surface area contributed by atoms with Gasteiger partial charge in [0.25, 0.3) is 0 Å². The Morgan fingerprint density at radius 1 is 0.964 bits per heavy atom. The first-order valence-corrected chi connectivity index (χ1v) is 9.48. The van der Waals surface area contributed by atoms with Crippen molar-refractivity contribution < 1.29 is 9.15 Å². The Morgan fingerprint density at radius 2 is 1.71 bits per heavy atom. The quantitative estimate of drug-likeness (QED) is 0.377. The van der Waals surface area contributed by atoms with Gasteiger partial charge in [0, 0.05) is 10.6 Å². The molecule has 0 aliphatic rings. The third-order valence-electron chi connectivity index (χ3n) is 4.44. The first-order valence-electron chi connectivity index (χ1n) is 8.72. The van der Waals surface area contributed by atoms with Gasteiger partial charge in [-0.3, -0.25) is 4.79 Å². The molecular weight excluding hydrogens is 395 g/mol. The Bertz CT molecular complexity index is 1210. The maximum Gasteiger partial charge on any atom is 0.235 e. The molecule has 28 heavy (non-hydrogen) atoms. The van der Waals surface area contributed by atoms with E-state index >= 15 is 0 Å². The summed E-state index contributed by atoms with van der Waals surface area (Å²) in [6.07, 6.45) is 0. The normalized spacial score (nSPS) is 11.0. The summed E-state index contributed by atoms with van der Waals surface area (Å²) in [6.45, 7) is 2.25. The van der Waals surface area contributed by atoms with E-state index in [0.717, 1.165) is 11.1 Å². The highest BCUT2D eigenvalue weighted by molar-refractivity contribution is 6.36. The molecule has 0 N–H and O–H groups in total. The Labute approximate surface area is 172 Å². The lowest BCUT2D eigenvalue weighted by molar-refractivity contribution is 0.298. The highest BCUT2D eigenvalue weighted by atomic mass is 35.5. The number of para-hydroxylation sites is 1. The van der Waals surface area contributed by atoms with Gasteiger partial charge in [-0.15, -0.1) is 0 Å². The Morgan fingerprint density at radius 3 is 2.46 bits per heavy atom. The van der Waals surface area contributed by atoms with E-state index < -0.39 is 0 Å². The maximum absolute atomic E-state index is 13.1. The second-order valence-corrected chi connectivity index (χ2v) is 7.33. The number of rotatable bonds is 4. The van der Waals surface area contributed by atoms with E-state index in [1.165, 1.54) is 0 Å². The van der Waals surface area contributed by atoms with E-state index in [0.29, 0.717) is 26.6 Å². The van der Waals surface area contributed by atoms with Gasteiger partial charge in [0.15, 0.2) is 5.76 Å². The molecular formula is C23H16Cl2O3. The summed E-state index contributed by atoms with van der Waals surface area (Å²) in [5.41, 5.74) is 2.88. The molecule has 0 aliphatic carbocycles. The van der Waals surface area contributed by atoms with Crippen molar-refractivity contribution in [2.45, 2.75) is 13.5 Å². The van der Waals surface area contributed by atoms with Crippen molar-refractivity contribution in [2.75, 3.05) is 0 Å². The molecule has 0 bridgehead atoms. The summed E-state index contributed by atoms with van der Waals surface area (Å²) >= 11 is 12.4. The van der Waals surface area contributed by atoms with E-state index in [4.69, 9.17) is 32.4 Å². The Hall–Kier alpha value is -2.75. The third kappa shape index (κ3) is 3.64. The lowest BCUT2D eigenvalue weighted by Crippen LogP contribution is -2.10. The fourth-order valence-electron chi connectivity index (χ4n) is 2.95. The molecule has 3 nitrogen and oxygen atoms in total. The van der Waals surface area contributed by atoms with Crippen molar-refractivity contribution in [1.29, 1.82) is 0 Å². The average molecular weight is 411 g/mol. The van der Waals surface area contributed by atoms with E-state index in [-0.39, 0.29) is 23.5 Å². The van der Waals surface area contributed by atoms with Gasteiger partial charge in [-0.25, -0.2) is 0 Å². The van der Waals surface area contributed by atoms with Gasteiger partial charge in [0.05, 0.1) is 10.4 Å². The van der Waals surface area contributed by atoms with Crippen LogP contribution in [0.1, 0.15) is 11.1 Å². The molecule has 0 atom stereocenters. The predicted octanol–water partition coefficient (Wildman–Crippen LogP) is 6.65.